The molecule has 0 saturated carbocycles. The molecule has 0 aromatic heterocycles. The lowest BCUT2D eigenvalue weighted by Gasteiger charge is -2.46. The van der Waals surface area contributed by atoms with Crippen LogP contribution in [-0.4, -0.2) is 48.8 Å². The Morgan fingerprint density at radius 2 is 1.78 bits per heavy atom. The zero-order chi connectivity index (χ0) is 13.6. The minimum atomic E-state index is 0.172. The number of hydrogen-bond acceptors (Lipinski definition) is 3. The zero-order valence-electron chi connectivity index (χ0n) is 13.0. The van der Waals surface area contributed by atoms with Gasteiger partial charge >= 0.3 is 0 Å². The summed E-state index contributed by atoms with van der Waals surface area (Å²) in [7, 11) is 0. The smallest absolute Gasteiger partial charge is 0.0641 e. The van der Waals surface area contributed by atoms with Gasteiger partial charge in [0.2, 0.25) is 0 Å². The van der Waals surface area contributed by atoms with Crippen molar-refractivity contribution in [3.05, 3.63) is 0 Å². The maximum Gasteiger partial charge on any atom is 0.0641 e. The quantitative estimate of drug-likeness (QED) is 0.758. The lowest BCUT2D eigenvalue weighted by atomic mass is 9.90. The molecule has 1 heterocycles. The first-order chi connectivity index (χ1) is 8.48. The molecule has 0 bridgehead atoms. The number of ether oxygens (including phenoxy) is 1. The molecule has 0 aliphatic carbocycles. The van der Waals surface area contributed by atoms with Crippen LogP contribution >= 0.6 is 0 Å². The lowest BCUT2D eigenvalue weighted by Crippen LogP contribution is -2.60. The summed E-state index contributed by atoms with van der Waals surface area (Å²) < 4.78 is 5.84. The second kappa shape index (κ2) is 7.46. The van der Waals surface area contributed by atoms with Crippen molar-refractivity contribution in [1.29, 1.82) is 0 Å². The molecular weight excluding hydrogens is 224 g/mol. The zero-order valence-corrected chi connectivity index (χ0v) is 13.0. The lowest BCUT2D eigenvalue weighted by molar-refractivity contribution is -0.00243. The van der Waals surface area contributed by atoms with E-state index in [1.54, 1.807) is 0 Å². The largest absolute Gasteiger partial charge is 0.377 e. The van der Waals surface area contributed by atoms with E-state index in [1.165, 1.54) is 32.4 Å². The van der Waals surface area contributed by atoms with Crippen LogP contribution in [0.3, 0.4) is 0 Å². The summed E-state index contributed by atoms with van der Waals surface area (Å²) in [5.41, 5.74) is 0.172. The first-order valence-corrected chi connectivity index (χ1v) is 7.58. The van der Waals surface area contributed by atoms with E-state index in [9.17, 15) is 0 Å². The summed E-state index contributed by atoms with van der Waals surface area (Å²) in [5, 5.41) is 3.61. The van der Waals surface area contributed by atoms with E-state index in [1.807, 2.05) is 0 Å². The number of piperidine rings is 1. The molecule has 0 radical (unpaired) electrons. The molecule has 1 fully saturated rings. The monoisotopic (exact) mass is 256 g/mol. The molecule has 1 aliphatic heterocycles. The van der Waals surface area contributed by atoms with Gasteiger partial charge in [0.1, 0.15) is 0 Å². The van der Waals surface area contributed by atoms with Gasteiger partial charge in [0, 0.05) is 11.6 Å². The third-order valence-electron chi connectivity index (χ3n) is 4.07. The first kappa shape index (κ1) is 15.9. The van der Waals surface area contributed by atoms with Gasteiger partial charge in [0.15, 0.2) is 0 Å². The second-order valence-corrected chi connectivity index (χ2v) is 6.19. The molecule has 0 aromatic rings. The molecule has 1 rings (SSSR count). The average molecular weight is 256 g/mol. The molecule has 0 spiro atoms. The molecule has 1 saturated heterocycles. The minimum Gasteiger partial charge on any atom is -0.377 e. The fourth-order valence-electron chi connectivity index (χ4n) is 2.74. The van der Waals surface area contributed by atoms with Crippen LogP contribution in [0.5, 0.6) is 0 Å². The van der Waals surface area contributed by atoms with Crippen LogP contribution in [-0.2, 0) is 4.74 Å². The Morgan fingerprint density at radius 3 is 2.28 bits per heavy atom. The molecule has 18 heavy (non-hydrogen) atoms. The highest BCUT2D eigenvalue weighted by atomic mass is 16.5. The van der Waals surface area contributed by atoms with Crippen LogP contribution in [0.4, 0.5) is 0 Å². The maximum absolute atomic E-state index is 5.84. The highest BCUT2D eigenvalue weighted by molar-refractivity contribution is 4.94. The van der Waals surface area contributed by atoms with Crippen molar-refractivity contribution in [3.8, 4) is 0 Å². The molecule has 108 valence electrons. The third kappa shape index (κ3) is 4.52. The molecule has 1 N–H and O–H groups in total. The second-order valence-electron chi connectivity index (χ2n) is 6.19. The molecule has 0 aromatic carbocycles. The Hall–Kier alpha value is -0.120. The summed E-state index contributed by atoms with van der Waals surface area (Å²) in [4.78, 5) is 2.63. The van der Waals surface area contributed by atoms with Crippen LogP contribution in [0.15, 0.2) is 0 Å². The normalized spacial score (nSPS) is 20.3. The fourth-order valence-corrected chi connectivity index (χ4v) is 2.74. The van der Waals surface area contributed by atoms with Gasteiger partial charge in [-0.1, -0.05) is 13.3 Å². The van der Waals surface area contributed by atoms with E-state index in [2.05, 4.69) is 44.8 Å². The van der Waals surface area contributed by atoms with Crippen molar-refractivity contribution < 1.29 is 4.74 Å². The van der Waals surface area contributed by atoms with Crippen molar-refractivity contribution in [2.75, 3.05) is 26.2 Å². The van der Waals surface area contributed by atoms with E-state index in [-0.39, 0.29) is 5.54 Å². The van der Waals surface area contributed by atoms with Crippen molar-refractivity contribution in [2.45, 2.75) is 71.6 Å². The molecule has 1 unspecified atom stereocenters. The molecule has 3 heteroatoms. The predicted octanol–water partition coefficient (Wildman–Crippen LogP) is 2.65. The Bertz CT molecular complexity index is 223. The van der Waals surface area contributed by atoms with Crippen LogP contribution < -0.4 is 5.32 Å². The topological polar surface area (TPSA) is 24.5 Å². The van der Waals surface area contributed by atoms with E-state index < -0.39 is 0 Å². The van der Waals surface area contributed by atoms with Crippen molar-refractivity contribution in [2.24, 2.45) is 0 Å². The molecule has 3 nitrogen and oxygen atoms in total. The van der Waals surface area contributed by atoms with Crippen LogP contribution in [0.1, 0.15) is 53.9 Å². The minimum absolute atomic E-state index is 0.172. The molecule has 0 amide bonds. The number of nitrogens with zero attached hydrogens (tertiary/aromatic N) is 1. The number of likely N-dealkylation sites (tertiary alicyclic amines) is 1. The van der Waals surface area contributed by atoms with E-state index in [4.69, 9.17) is 4.74 Å². The Morgan fingerprint density at radius 1 is 1.17 bits per heavy atom. The third-order valence-corrected chi connectivity index (χ3v) is 4.07. The van der Waals surface area contributed by atoms with Crippen molar-refractivity contribution >= 4 is 0 Å². The van der Waals surface area contributed by atoms with E-state index >= 15 is 0 Å². The van der Waals surface area contributed by atoms with Gasteiger partial charge in [-0.05, 0) is 60.2 Å². The summed E-state index contributed by atoms with van der Waals surface area (Å²) >= 11 is 0. The summed E-state index contributed by atoms with van der Waals surface area (Å²) in [6.07, 6.45) is 4.38. The Kier molecular flexibility index (Phi) is 6.61. The SMILES string of the molecule is CCNC(COC(C)C)C(C)(C)N1CCCCC1. The average Bonchev–Trinajstić information content (AvgIpc) is 2.35. The first-order valence-electron chi connectivity index (χ1n) is 7.58. The van der Waals surface area contributed by atoms with Crippen LogP contribution in [0.25, 0.3) is 0 Å². The fraction of sp³-hybridized carbons (Fsp3) is 1.00. The highest BCUT2D eigenvalue weighted by Gasteiger charge is 2.35. The number of likely N-dealkylation sites (N-methyl/N-ethyl adjacent to an activating group) is 1. The standard InChI is InChI=1S/C15H32N2O/c1-6-16-14(12-18-13(2)3)15(4,5)17-10-8-7-9-11-17/h13-14,16H,6-12H2,1-5H3. The molecule has 1 aliphatic rings. The maximum atomic E-state index is 5.84. The van der Waals surface area contributed by atoms with Gasteiger partial charge in [0.25, 0.3) is 0 Å². The van der Waals surface area contributed by atoms with E-state index in [0.29, 0.717) is 12.1 Å². The van der Waals surface area contributed by atoms with Crippen LogP contribution in [0, 0.1) is 0 Å². The summed E-state index contributed by atoms with van der Waals surface area (Å²) in [6.45, 7) is 15.4. The van der Waals surface area contributed by atoms with Gasteiger partial charge in [-0.3, -0.25) is 4.90 Å². The summed E-state index contributed by atoms with van der Waals surface area (Å²) in [6, 6.07) is 0.406. The summed E-state index contributed by atoms with van der Waals surface area (Å²) in [5.74, 6) is 0. The molecule has 1 atom stereocenters. The predicted molar refractivity (Wildman–Crippen MR) is 78.1 cm³/mol. The van der Waals surface area contributed by atoms with Gasteiger partial charge < -0.3 is 10.1 Å². The molecular formula is C15H32N2O. The van der Waals surface area contributed by atoms with Crippen molar-refractivity contribution in [3.63, 3.8) is 0 Å². The van der Waals surface area contributed by atoms with Gasteiger partial charge in [0.05, 0.1) is 12.7 Å². The number of hydrogen-bond donors (Lipinski definition) is 1. The Balaban J connectivity index is 2.61. The number of nitrogens with one attached hydrogen (secondary N) is 1. The van der Waals surface area contributed by atoms with Gasteiger partial charge in [-0.25, -0.2) is 0 Å². The Labute approximate surface area is 113 Å². The van der Waals surface area contributed by atoms with Gasteiger partial charge in [-0.15, -0.1) is 0 Å². The highest BCUT2D eigenvalue weighted by Crippen LogP contribution is 2.24. The van der Waals surface area contributed by atoms with E-state index in [0.717, 1.165) is 13.2 Å². The van der Waals surface area contributed by atoms with Gasteiger partial charge in [-0.2, -0.15) is 0 Å². The van der Waals surface area contributed by atoms with Crippen LogP contribution in [0.2, 0.25) is 0 Å². The number of rotatable bonds is 7. The van der Waals surface area contributed by atoms with Crippen molar-refractivity contribution in [1.82, 2.24) is 10.2 Å².